The highest BCUT2D eigenvalue weighted by Gasteiger charge is 2.33. The fourth-order valence-corrected chi connectivity index (χ4v) is 2.94. The Morgan fingerprint density at radius 3 is 2.39 bits per heavy atom. The van der Waals surface area contributed by atoms with Gasteiger partial charge in [0.1, 0.15) is 0 Å². The molecule has 23 heavy (non-hydrogen) atoms. The molecule has 0 unspecified atom stereocenters. The quantitative estimate of drug-likeness (QED) is 0.465. The predicted octanol–water partition coefficient (Wildman–Crippen LogP) is 6.27. The third-order valence-electron chi connectivity index (χ3n) is 5.10. The van der Waals surface area contributed by atoms with E-state index < -0.39 is 5.79 Å². The maximum atomic E-state index is 5.94. The lowest BCUT2D eigenvalue weighted by Crippen LogP contribution is -2.23. The van der Waals surface area contributed by atoms with Crippen molar-refractivity contribution >= 4 is 0 Å². The first-order valence-corrected chi connectivity index (χ1v) is 9.36. The van der Waals surface area contributed by atoms with Crippen molar-refractivity contribution in [3.8, 4) is 0 Å². The molecule has 0 radical (unpaired) electrons. The molecule has 0 aromatic carbocycles. The summed E-state index contributed by atoms with van der Waals surface area (Å²) in [7, 11) is 0. The van der Waals surface area contributed by atoms with E-state index in [1.54, 1.807) is 0 Å². The molecular weight excluding hydrogens is 284 g/mol. The van der Waals surface area contributed by atoms with E-state index in [0.29, 0.717) is 11.8 Å². The molecule has 0 amide bonds. The molecule has 0 N–H and O–H groups in total. The van der Waals surface area contributed by atoms with E-state index in [9.17, 15) is 0 Å². The van der Waals surface area contributed by atoms with Gasteiger partial charge in [0.25, 0.3) is 0 Å². The van der Waals surface area contributed by atoms with E-state index in [2.05, 4.69) is 46.8 Å². The van der Waals surface area contributed by atoms with Crippen LogP contribution in [0, 0.1) is 11.8 Å². The molecule has 2 heteroatoms. The molecule has 2 nitrogen and oxygen atoms in total. The van der Waals surface area contributed by atoms with Crippen LogP contribution < -0.4 is 0 Å². The van der Waals surface area contributed by atoms with Crippen LogP contribution in [0.3, 0.4) is 0 Å². The first kappa shape index (κ1) is 20.4. The fourth-order valence-electron chi connectivity index (χ4n) is 2.94. The molecule has 1 saturated heterocycles. The van der Waals surface area contributed by atoms with Crippen LogP contribution in [0.15, 0.2) is 23.3 Å². The van der Waals surface area contributed by atoms with Gasteiger partial charge < -0.3 is 9.47 Å². The van der Waals surface area contributed by atoms with Gasteiger partial charge in [0.15, 0.2) is 5.79 Å². The van der Waals surface area contributed by atoms with Gasteiger partial charge in [-0.1, -0.05) is 44.1 Å². The molecule has 1 aliphatic rings. The van der Waals surface area contributed by atoms with Crippen molar-refractivity contribution in [3.05, 3.63) is 23.3 Å². The van der Waals surface area contributed by atoms with Gasteiger partial charge in [0.2, 0.25) is 0 Å². The summed E-state index contributed by atoms with van der Waals surface area (Å²) in [4.78, 5) is 0. The molecule has 3 atom stereocenters. The zero-order chi connectivity index (χ0) is 17.5. The second-order valence-electron chi connectivity index (χ2n) is 7.87. The van der Waals surface area contributed by atoms with Crippen molar-refractivity contribution in [1.82, 2.24) is 0 Å². The second-order valence-corrected chi connectivity index (χ2v) is 7.87. The summed E-state index contributed by atoms with van der Waals surface area (Å²) in [5.74, 6) is 0.947. The fraction of sp³-hybridized carbons (Fsp3) is 0.810. The third kappa shape index (κ3) is 8.17. The third-order valence-corrected chi connectivity index (χ3v) is 5.10. The average Bonchev–Trinajstić information content (AvgIpc) is 2.83. The lowest BCUT2D eigenvalue weighted by Gasteiger charge is -2.23. The van der Waals surface area contributed by atoms with Gasteiger partial charge in [-0.3, -0.25) is 0 Å². The monoisotopic (exact) mass is 322 g/mol. The Kier molecular flexibility index (Phi) is 8.57. The summed E-state index contributed by atoms with van der Waals surface area (Å²) in [6.45, 7) is 16.2. The van der Waals surface area contributed by atoms with Crippen molar-refractivity contribution in [3.63, 3.8) is 0 Å². The molecule has 1 fully saturated rings. The second kappa shape index (κ2) is 9.64. The Morgan fingerprint density at radius 1 is 1.13 bits per heavy atom. The maximum absolute atomic E-state index is 5.94. The molecule has 134 valence electrons. The van der Waals surface area contributed by atoms with Gasteiger partial charge in [-0.05, 0) is 71.6 Å². The zero-order valence-electron chi connectivity index (χ0n) is 16.4. The molecular formula is C21H38O2. The van der Waals surface area contributed by atoms with Crippen molar-refractivity contribution in [2.24, 2.45) is 11.8 Å². The van der Waals surface area contributed by atoms with Crippen LogP contribution in [0.25, 0.3) is 0 Å². The first-order chi connectivity index (χ1) is 10.7. The van der Waals surface area contributed by atoms with Crippen LogP contribution in [0.2, 0.25) is 0 Å². The standard InChI is InChI=1S/C21H38O2/c1-8-16(2)10-9-11-17(3)12-13-18(4)19(5)14-20-15-22-21(6,7)23-20/h10,12,18-20H,8-9,11,13-15H2,1-7H3/b16-10-,17-12+/t18-,19+,20-/m1/s1. The summed E-state index contributed by atoms with van der Waals surface area (Å²) in [6, 6.07) is 0. The van der Waals surface area contributed by atoms with E-state index in [4.69, 9.17) is 9.47 Å². The van der Waals surface area contributed by atoms with Crippen LogP contribution in [0.1, 0.15) is 80.6 Å². The number of ether oxygens (including phenoxy) is 2. The Bertz CT molecular complexity index is 406. The highest BCUT2D eigenvalue weighted by Crippen LogP contribution is 2.29. The van der Waals surface area contributed by atoms with Crippen LogP contribution >= 0.6 is 0 Å². The summed E-state index contributed by atoms with van der Waals surface area (Å²) < 4.78 is 11.6. The SMILES string of the molecule is CC/C(C)=C\CC/C(C)=C/C[C@@H](C)[C@@H](C)C[C@@H]1COC(C)(C)O1. The largest absolute Gasteiger partial charge is 0.348 e. The van der Waals surface area contributed by atoms with Crippen molar-refractivity contribution in [2.75, 3.05) is 6.61 Å². The smallest absolute Gasteiger partial charge is 0.163 e. The molecule has 1 heterocycles. The van der Waals surface area contributed by atoms with E-state index >= 15 is 0 Å². The van der Waals surface area contributed by atoms with Crippen molar-refractivity contribution < 1.29 is 9.47 Å². The summed E-state index contributed by atoms with van der Waals surface area (Å²) in [5, 5.41) is 0. The number of rotatable bonds is 9. The van der Waals surface area contributed by atoms with Gasteiger partial charge in [-0.2, -0.15) is 0 Å². The van der Waals surface area contributed by atoms with Crippen LogP contribution in [-0.2, 0) is 9.47 Å². The lowest BCUT2D eigenvalue weighted by molar-refractivity contribution is -0.140. The maximum Gasteiger partial charge on any atom is 0.163 e. The van der Waals surface area contributed by atoms with Gasteiger partial charge in [-0.25, -0.2) is 0 Å². The normalized spacial score (nSPS) is 24.7. The minimum absolute atomic E-state index is 0.259. The molecule has 0 spiro atoms. The Labute approximate surface area is 144 Å². The Hall–Kier alpha value is -0.600. The van der Waals surface area contributed by atoms with Crippen LogP contribution in [-0.4, -0.2) is 18.5 Å². The topological polar surface area (TPSA) is 18.5 Å². The highest BCUT2D eigenvalue weighted by atomic mass is 16.7. The number of hydrogen-bond donors (Lipinski definition) is 0. The number of hydrogen-bond acceptors (Lipinski definition) is 2. The Morgan fingerprint density at radius 2 is 1.83 bits per heavy atom. The van der Waals surface area contributed by atoms with Gasteiger partial charge in [0, 0.05) is 0 Å². The first-order valence-electron chi connectivity index (χ1n) is 9.36. The highest BCUT2D eigenvalue weighted by molar-refractivity contribution is 5.03. The van der Waals surface area contributed by atoms with E-state index in [-0.39, 0.29) is 6.10 Å². The van der Waals surface area contributed by atoms with Gasteiger partial charge in [-0.15, -0.1) is 0 Å². The van der Waals surface area contributed by atoms with E-state index in [0.717, 1.165) is 13.0 Å². The average molecular weight is 323 g/mol. The summed E-state index contributed by atoms with van der Waals surface area (Å²) in [5.41, 5.74) is 3.02. The zero-order valence-corrected chi connectivity index (χ0v) is 16.4. The van der Waals surface area contributed by atoms with E-state index in [1.807, 2.05) is 13.8 Å². The Balaban J connectivity index is 2.31. The molecule has 0 aliphatic carbocycles. The predicted molar refractivity (Wildman–Crippen MR) is 99.5 cm³/mol. The van der Waals surface area contributed by atoms with E-state index in [1.165, 1.54) is 36.8 Å². The summed E-state index contributed by atoms with van der Waals surface area (Å²) in [6.07, 6.45) is 10.9. The molecule has 1 aliphatic heterocycles. The van der Waals surface area contributed by atoms with Crippen molar-refractivity contribution in [1.29, 1.82) is 0 Å². The lowest BCUT2D eigenvalue weighted by atomic mass is 9.87. The molecule has 0 saturated carbocycles. The molecule has 0 aromatic heterocycles. The summed E-state index contributed by atoms with van der Waals surface area (Å²) >= 11 is 0. The molecule has 0 bridgehead atoms. The minimum Gasteiger partial charge on any atom is -0.348 e. The van der Waals surface area contributed by atoms with Gasteiger partial charge >= 0.3 is 0 Å². The van der Waals surface area contributed by atoms with Crippen LogP contribution in [0.5, 0.6) is 0 Å². The molecule has 0 aromatic rings. The van der Waals surface area contributed by atoms with Gasteiger partial charge in [0.05, 0.1) is 12.7 Å². The molecule has 1 rings (SSSR count). The number of allylic oxidation sites excluding steroid dienone is 4. The van der Waals surface area contributed by atoms with Crippen LogP contribution in [0.4, 0.5) is 0 Å². The minimum atomic E-state index is -0.395. The van der Waals surface area contributed by atoms with Crippen molar-refractivity contribution in [2.45, 2.75) is 92.5 Å².